The molecule has 1 rings (SSSR count). The Morgan fingerprint density at radius 2 is 1.93 bits per heavy atom. The number of aryl methyl sites for hydroxylation is 2. The Labute approximate surface area is 90.7 Å². The SMILES string of the molecule is Cc1ccc(S(=O)(=O)CC(C)O)c(C)c1. The molecule has 1 atom stereocenters. The van der Waals surface area contributed by atoms with Gasteiger partial charge in [-0.05, 0) is 32.4 Å². The number of sulfone groups is 1. The van der Waals surface area contributed by atoms with Crippen LogP contribution in [0, 0.1) is 13.8 Å². The standard InChI is InChI=1S/C11H16O3S/c1-8-4-5-11(9(2)6-8)15(13,14)7-10(3)12/h4-6,10,12H,7H2,1-3H3. The van der Waals surface area contributed by atoms with Crippen molar-refractivity contribution in [2.75, 3.05) is 5.75 Å². The Morgan fingerprint density at radius 3 is 2.40 bits per heavy atom. The molecule has 15 heavy (non-hydrogen) atoms. The largest absolute Gasteiger partial charge is 0.392 e. The normalized spacial score (nSPS) is 13.9. The van der Waals surface area contributed by atoms with Crippen LogP contribution in [-0.4, -0.2) is 25.4 Å². The van der Waals surface area contributed by atoms with Crippen molar-refractivity contribution in [3.63, 3.8) is 0 Å². The molecule has 0 aliphatic carbocycles. The molecule has 0 fully saturated rings. The fourth-order valence-corrected chi connectivity index (χ4v) is 3.20. The first-order valence-electron chi connectivity index (χ1n) is 4.81. The van der Waals surface area contributed by atoms with Crippen LogP contribution in [0.1, 0.15) is 18.1 Å². The van der Waals surface area contributed by atoms with Crippen molar-refractivity contribution in [2.45, 2.75) is 31.8 Å². The van der Waals surface area contributed by atoms with Crippen molar-refractivity contribution in [1.29, 1.82) is 0 Å². The summed E-state index contributed by atoms with van der Waals surface area (Å²) in [6.45, 7) is 5.15. The summed E-state index contributed by atoms with van der Waals surface area (Å²) < 4.78 is 23.6. The number of aliphatic hydroxyl groups is 1. The number of hydrogen-bond acceptors (Lipinski definition) is 3. The molecule has 0 heterocycles. The van der Waals surface area contributed by atoms with Crippen LogP contribution in [0.3, 0.4) is 0 Å². The summed E-state index contributed by atoms with van der Waals surface area (Å²) in [7, 11) is -3.36. The Hall–Kier alpha value is -0.870. The van der Waals surface area contributed by atoms with Gasteiger partial charge in [-0.2, -0.15) is 0 Å². The van der Waals surface area contributed by atoms with Crippen LogP contribution in [0.15, 0.2) is 23.1 Å². The highest BCUT2D eigenvalue weighted by atomic mass is 32.2. The number of aliphatic hydroxyl groups excluding tert-OH is 1. The van der Waals surface area contributed by atoms with E-state index in [1.807, 2.05) is 13.0 Å². The zero-order valence-electron chi connectivity index (χ0n) is 9.19. The Kier molecular flexibility index (Phi) is 3.52. The van der Waals surface area contributed by atoms with Crippen molar-refractivity contribution >= 4 is 9.84 Å². The van der Waals surface area contributed by atoms with E-state index >= 15 is 0 Å². The molecule has 1 aromatic carbocycles. The third-order valence-electron chi connectivity index (χ3n) is 2.13. The first kappa shape index (κ1) is 12.2. The third kappa shape index (κ3) is 3.04. The highest BCUT2D eigenvalue weighted by Gasteiger charge is 2.19. The average Bonchev–Trinajstić information content (AvgIpc) is 1.99. The van der Waals surface area contributed by atoms with E-state index < -0.39 is 15.9 Å². The van der Waals surface area contributed by atoms with Gasteiger partial charge in [-0.15, -0.1) is 0 Å². The molecule has 0 saturated heterocycles. The lowest BCUT2D eigenvalue weighted by molar-refractivity contribution is 0.218. The second-order valence-corrected chi connectivity index (χ2v) is 5.90. The summed E-state index contributed by atoms with van der Waals surface area (Å²) in [6.07, 6.45) is -0.837. The fraction of sp³-hybridized carbons (Fsp3) is 0.455. The molecule has 0 aliphatic heterocycles. The lowest BCUT2D eigenvalue weighted by Gasteiger charge is -2.09. The minimum atomic E-state index is -3.36. The van der Waals surface area contributed by atoms with E-state index in [-0.39, 0.29) is 5.75 Å². The van der Waals surface area contributed by atoms with Gasteiger partial charge in [-0.3, -0.25) is 0 Å². The summed E-state index contributed by atoms with van der Waals surface area (Å²) in [6, 6.07) is 5.19. The van der Waals surface area contributed by atoms with Gasteiger partial charge in [-0.25, -0.2) is 8.42 Å². The number of benzene rings is 1. The predicted octanol–water partition coefficient (Wildman–Crippen LogP) is 1.46. The van der Waals surface area contributed by atoms with E-state index in [0.717, 1.165) is 11.1 Å². The summed E-state index contributed by atoms with van der Waals surface area (Å²) in [5, 5.41) is 9.12. The Morgan fingerprint density at radius 1 is 1.33 bits per heavy atom. The maximum atomic E-state index is 11.8. The molecule has 1 N–H and O–H groups in total. The minimum absolute atomic E-state index is 0.225. The summed E-state index contributed by atoms with van der Waals surface area (Å²) in [5.41, 5.74) is 1.76. The molecular weight excluding hydrogens is 212 g/mol. The van der Waals surface area contributed by atoms with E-state index in [1.165, 1.54) is 6.92 Å². The molecule has 0 aromatic heterocycles. The van der Waals surface area contributed by atoms with Gasteiger partial charge in [-0.1, -0.05) is 17.7 Å². The van der Waals surface area contributed by atoms with Crippen LogP contribution < -0.4 is 0 Å². The summed E-state index contributed by atoms with van der Waals surface area (Å²) >= 11 is 0. The smallest absolute Gasteiger partial charge is 0.181 e. The van der Waals surface area contributed by atoms with Crippen molar-refractivity contribution in [2.24, 2.45) is 0 Å². The Balaban J connectivity index is 3.16. The maximum Gasteiger partial charge on any atom is 0.181 e. The monoisotopic (exact) mass is 228 g/mol. The molecule has 1 unspecified atom stereocenters. The molecular formula is C11H16O3S. The van der Waals surface area contributed by atoms with Gasteiger partial charge in [0.25, 0.3) is 0 Å². The zero-order chi connectivity index (χ0) is 11.6. The molecule has 0 aliphatic rings. The molecule has 0 amide bonds. The van der Waals surface area contributed by atoms with Crippen LogP contribution in [0.5, 0.6) is 0 Å². The van der Waals surface area contributed by atoms with Gasteiger partial charge in [0.05, 0.1) is 16.8 Å². The molecule has 0 radical (unpaired) electrons. The van der Waals surface area contributed by atoms with Crippen molar-refractivity contribution < 1.29 is 13.5 Å². The van der Waals surface area contributed by atoms with Gasteiger partial charge in [0.15, 0.2) is 9.84 Å². The van der Waals surface area contributed by atoms with E-state index in [4.69, 9.17) is 5.11 Å². The van der Waals surface area contributed by atoms with E-state index in [2.05, 4.69) is 0 Å². The van der Waals surface area contributed by atoms with Crippen LogP contribution in [0.25, 0.3) is 0 Å². The number of hydrogen-bond donors (Lipinski definition) is 1. The van der Waals surface area contributed by atoms with Crippen LogP contribution in [0.4, 0.5) is 0 Å². The van der Waals surface area contributed by atoms with Crippen molar-refractivity contribution in [3.8, 4) is 0 Å². The summed E-state index contributed by atoms with van der Waals surface area (Å²) in [5.74, 6) is -0.225. The minimum Gasteiger partial charge on any atom is -0.392 e. The van der Waals surface area contributed by atoms with Crippen LogP contribution in [0.2, 0.25) is 0 Å². The quantitative estimate of drug-likeness (QED) is 0.852. The first-order chi connectivity index (χ1) is 6.83. The first-order valence-corrected chi connectivity index (χ1v) is 6.46. The second kappa shape index (κ2) is 4.33. The molecule has 84 valence electrons. The zero-order valence-corrected chi connectivity index (χ0v) is 10.0. The van der Waals surface area contributed by atoms with E-state index in [9.17, 15) is 8.42 Å². The maximum absolute atomic E-state index is 11.8. The molecule has 1 aromatic rings. The van der Waals surface area contributed by atoms with Gasteiger partial charge >= 0.3 is 0 Å². The molecule has 0 saturated carbocycles. The topological polar surface area (TPSA) is 54.4 Å². The molecule has 4 heteroatoms. The lowest BCUT2D eigenvalue weighted by Crippen LogP contribution is -2.18. The average molecular weight is 228 g/mol. The van der Waals surface area contributed by atoms with E-state index in [0.29, 0.717) is 4.90 Å². The Bertz CT molecular complexity index is 447. The molecule has 0 spiro atoms. The van der Waals surface area contributed by atoms with Crippen molar-refractivity contribution in [3.05, 3.63) is 29.3 Å². The van der Waals surface area contributed by atoms with Gasteiger partial charge in [0.1, 0.15) is 0 Å². The highest BCUT2D eigenvalue weighted by molar-refractivity contribution is 7.91. The number of rotatable bonds is 3. The van der Waals surface area contributed by atoms with Gasteiger partial charge in [0, 0.05) is 0 Å². The van der Waals surface area contributed by atoms with Gasteiger partial charge in [0.2, 0.25) is 0 Å². The predicted molar refractivity (Wildman–Crippen MR) is 59.6 cm³/mol. The van der Waals surface area contributed by atoms with Crippen LogP contribution >= 0.6 is 0 Å². The molecule has 3 nitrogen and oxygen atoms in total. The third-order valence-corrected chi connectivity index (χ3v) is 4.18. The van der Waals surface area contributed by atoms with E-state index in [1.54, 1.807) is 19.1 Å². The highest BCUT2D eigenvalue weighted by Crippen LogP contribution is 2.18. The molecule has 0 bridgehead atoms. The van der Waals surface area contributed by atoms with Crippen LogP contribution in [-0.2, 0) is 9.84 Å². The van der Waals surface area contributed by atoms with Crippen molar-refractivity contribution in [1.82, 2.24) is 0 Å². The summed E-state index contributed by atoms with van der Waals surface area (Å²) in [4.78, 5) is 0.314. The second-order valence-electron chi connectivity index (χ2n) is 3.90. The lowest BCUT2D eigenvalue weighted by atomic mass is 10.2. The fourth-order valence-electron chi connectivity index (χ4n) is 1.56. The van der Waals surface area contributed by atoms with Gasteiger partial charge < -0.3 is 5.11 Å².